The predicted octanol–water partition coefficient (Wildman–Crippen LogP) is 1.08. The van der Waals surface area contributed by atoms with E-state index in [0.29, 0.717) is 6.54 Å². The fourth-order valence-corrected chi connectivity index (χ4v) is 3.27. The molecule has 1 aromatic carbocycles. The molecule has 0 aliphatic heterocycles. The molecule has 1 heterocycles. The lowest BCUT2D eigenvalue weighted by molar-refractivity contribution is -0.127. The Balaban J connectivity index is 1.60. The van der Waals surface area contributed by atoms with Crippen molar-refractivity contribution in [2.45, 2.75) is 45.7 Å². The second kappa shape index (κ2) is 8.35. The molecule has 3 rings (SSSR count). The fourth-order valence-electron chi connectivity index (χ4n) is 3.27. The zero-order valence-electron chi connectivity index (χ0n) is 15.9. The van der Waals surface area contributed by atoms with Gasteiger partial charge in [0.05, 0.1) is 30.5 Å². The van der Waals surface area contributed by atoms with Crippen molar-refractivity contribution in [2.24, 2.45) is 11.7 Å². The summed E-state index contributed by atoms with van der Waals surface area (Å²) in [5, 5.41) is 10.1. The van der Waals surface area contributed by atoms with Crippen molar-refractivity contribution in [3.63, 3.8) is 0 Å². The Hall–Kier alpha value is -2.67. The first kappa shape index (κ1) is 19.1. The monoisotopic (exact) mass is 369 g/mol. The molecule has 0 saturated heterocycles. The molecule has 0 radical (unpaired) electrons. The van der Waals surface area contributed by atoms with Gasteiger partial charge in [-0.1, -0.05) is 32.0 Å². The number of carbonyl (C=O) groups excluding carboxylic acids is 2. The second-order valence-electron chi connectivity index (χ2n) is 7.24. The number of amides is 2. The first-order valence-electron chi connectivity index (χ1n) is 9.42. The molecule has 0 spiro atoms. The lowest BCUT2D eigenvalue weighted by Crippen LogP contribution is -2.47. The Kier molecular flexibility index (Phi) is 5.91. The summed E-state index contributed by atoms with van der Waals surface area (Å²) in [6.45, 7) is 4.01. The Morgan fingerprint density at radius 2 is 1.93 bits per heavy atom. The molecule has 1 aliphatic rings. The number of nitrogens with one attached hydrogen (secondary N) is 2. The highest BCUT2D eigenvalue weighted by Crippen LogP contribution is 2.27. The Morgan fingerprint density at radius 3 is 2.63 bits per heavy atom. The van der Waals surface area contributed by atoms with Crippen LogP contribution in [0.2, 0.25) is 0 Å². The molecule has 1 aliphatic carbocycles. The number of nitrogens with two attached hydrogens (primary N) is 1. The number of rotatable bonds is 7. The predicted molar refractivity (Wildman–Crippen MR) is 103 cm³/mol. The Labute approximate surface area is 159 Å². The number of benzene rings is 1. The smallest absolute Gasteiger partial charge is 0.239 e. The van der Waals surface area contributed by atoms with Gasteiger partial charge in [0, 0.05) is 5.69 Å². The van der Waals surface area contributed by atoms with Crippen LogP contribution in [0.15, 0.2) is 30.3 Å². The zero-order chi connectivity index (χ0) is 19.4. The van der Waals surface area contributed by atoms with Gasteiger partial charge in [0.15, 0.2) is 0 Å². The van der Waals surface area contributed by atoms with Crippen LogP contribution in [0, 0.1) is 5.92 Å². The van der Waals surface area contributed by atoms with Gasteiger partial charge in [-0.2, -0.15) is 5.10 Å². The molecule has 1 atom stereocenters. The van der Waals surface area contributed by atoms with Crippen molar-refractivity contribution < 1.29 is 9.59 Å². The molecule has 1 aromatic heterocycles. The van der Waals surface area contributed by atoms with Crippen LogP contribution < -0.4 is 16.4 Å². The Morgan fingerprint density at radius 1 is 1.19 bits per heavy atom. The van der Waals surface area contributed by atoms with Gasteiger partial charge < -0.3 is 16.4 Å². The second-order valence-corrected chi connectivity index (χ2v) is 7.24. The minimum atomic E-state index is -0.609. The molecule has 0 unspecified atom stereocenters. The number of hydrogen-bond acceptors (Lipinski definition) is 4. The zero-order valence-corrected chi connectivity index (χ0v) is 15.9. The van der Waals surface area contributed by atoms with Crippen molar-refractivity contribution in [2.75, 3.05) is 6.54 Å². The molecular weight excluding hydrogens is 342 g/mol. The molecule has 2 aromatic rings. The average molecular weight is 369 g/mol. The van der Waals surface area contributed by atoms with Crippen LogP contribution in [0.1, 0.15) is 37.2 Å². The van der Waals surface area contributed by atoms with E-state index >= 15 is 0 Å². The normalized spacial score (nSPS) is 14.1. The third-order valence-corrected chi connectivity index (χ3v) is 4.91. The standard InChI is InChI=1S/C20H27N5O2/c1-13(2)19(21)20(27)23-12-18(26)22-11-16-15-9-6-10-17(15)25(24-16)14-7-4-3-5-8-14/h3-5,7-8,13,19H,6,9-12,21H2,1-2H3,(H,22,26)(H,23,27)/t19-/m0/s1. The molecule has 7 nitrogen and oxygen atoms in total. The largest absolute Gasteiger partial charge is 0.349 e. The summed E-state index contributed by atoms with van der Waals surface area (Å²) in [4.78, 5) is 23.9. The lowest BCUT2D eigenvalue weighted by Gasteiger charge is -2.15. The van der Waals surface area contributed by atoms with E-state index < -0.39 is 6.04 Å². The van der Waals surface area contributed by atoms with E-state index in [9.17, 15) is 9.59 Å². The SMILES string of the molecule is CC(C)[C@H](N)C(=O)NCC(=O)NCc1nn(-c2ccccc2)c2c1CCC2. The first-order valence-corrected chi connectivity index (χ1v) is 9.42. The van der Waals surface area contributed by atoms with Crippen LogP contribution in [0.5, 0.6) is 0 Å². The van der Waals surface area contributed by atoms with E-state index in [-0.39, 0.29) is 24.3 Å². The third-order valence-electron chi connectivity index (χ3n) is 4.91. The van der Waals surface area contributed by atoms with Gasteiger partial charge in [-0.3, -0.25) is 9.59 Å². The van der Waals surface area contributed by atoms with Crippen LogP contribution in [-0.2, 0) is 29.0 Å². The van der Waals surface area contributed by atoms with Crippen LogP contribution in [0.3, 0.4) is 0 Å². The molecule has 2 amide bonds. The van der Waals surface area contributed by atoms with Crippen molar-refractivity contribution >= 4 is 11.8 Å². The van der Waals surface area contributed by atoms with E-state index in [1.54, 1.807) is 0 Å². The third kappa shape index (κ3) is 4.36. The van der Waals surface area contributed by atoms with Crippen LogP contribution in [-0.4, -0.2) is 34.2 Å². The maximum atomic E-state index is 12.1. The highest BCUT2D eigenvalue weighted by atomic mass is 16.2. The van der Waals surface area contributed by atoms with E-state index in [0.717, 1.165) is 30.6 Å². The summed E-state index contributed by atoms with van der Waals surface area (Å²) in [5.74, 6) is -0.535. The van der Waals surface area contributed by atoms with E-state index in [4.69, 9.17) is 10.8 Å². The molecule has 144 valence electrons. The first-order chi connectivity index (χ1) is 13.0. The van der Waals surface area contributed by atoms with Gasteiger partial charge in [-0.25, -0.2) is 4.68 Å². The highest BCUT2D eigenvalue weighted by molar-refractivity contribution is 5.87. The quantitative estimate of drug-likeness (QED) is 0.679. The number of aromatic nitrogens is 2. The van der Waals surface area contributed by atoms with E-state index in [2.05, 4.69) is 10.6 Å². The van der Waals surface area contributed by atoms with E-state index in [1.807, 2.05) is 48.9 Å². The van der Waals surface area contributed by atoms with Gasteiger partial charge >= 0.3 is 0 Å². The maximum Gasteiger partial charge on any atom is 0.239 e. The number of carbonyl (C=O) groups is 2. The molecule has 4 N–H and O–H groups in total. The summed E-state index contributed by atoms with van der Waals surface area (Å²) in [7, 11) is 0. The minimum Gasteiger partial charge on any atom is -0.349 e. The summed E-state index contributed by atoms with van der Waals surface area (Å²) in [6.07, 6.45) is 3.08. The van der Waals surface area contributed by atoms with Gasteiger partial charge in [-0.15, -0.1) is 0 Å². The summed E-state index contributed by atoms with van der Waals surface area (Å²) >= 11 is 0. The number of nitrogens with zero attached hydrogens (tertiary/aromatic N) is 2. The van der Waals surface area contributed by atoms with Crippen LogP contribution in [0.4, 0.5) is 0 Å². The highest BCUT2D eigenvalue weighted by Gasteiger charge is 2.23. The van der Waals surface area contributed by atoms with Crippen molar-refractivity contribution in [3.8, 4) is 5.69 Å². The molecular formula is C20H27N5O2. The summed E-state index contributed by atoms with van der Waals surface area (Å²) in [5.41, 5.74) is 10.1. The molecule has 0 fully saturated rings. The van der Waals surface area contributed by atoms with Crippen LogP contribution >= 0.6 is 0 Å². The molecule has 7 heteroatoms. The minimum absolute atomic E-state index is 0.0256. The van der Waals surface area contributed by atoms with Gasteiger partial charge in [0.2, 0.25) is 11.8 Å². The van der Waals surface area contributed by atoms with Gasteiger partial charge in [0.1, 0.15) is 0 Å². The summed E-state index contributed by atoms with van der Waals surface area (Å²) in [6, 6.07) is 9.41. The summed E-state index contributed by atoms with van der Waals surface area (Å²) < 4.78 is 1.98. The van der Waals surface area contributed by atoms with Crippen LogP contribution in [0.25, 0.3) is 5.69 Å². The van der Waals surface area contributed by atoms with Gasteiger partial charge in [-0.05, 0) is 42.9 Å². The maximum absolute atomic E-state index is 12.1. The molecule has 0 bridgehead atoms. The number of fused-ring (bicyclic) bond motifs is 1. The average Bonchev–Trinajstić information content (AvgIpc) is 3.27. The van der Waals surface area contributed by atoms with E-state index in [1.165, 1.54) is 11.3 Å². The van der Waals surface area contributed by atoms with Crippen molar-refractivity contribution in [1.82, 2.24) is 20.4 Å². The fraction of sp³-hybridized carbons (Fsp3) is 0.450. The van der Waals surface area contributed by atoms with Crippen molar-refractivity contribution in [3.05, 3.63) is 47.3 Å². The number of hydrogen-bond donors (Lipinski definition) is 3. The Bertz CT molecular complexity index is 813. The van der Waals surface area contributed by atoms with Gasteiger partial charge in [0.25, 0.3) is 0 Å². The topological polar surface area (TPSA) is 102 Å². The number of para-hydroxylation sites is 1. The lowest BCUT2D eigenvalue weighted by atomic mass is 10.1. The van der Waals surface area contributed by atoms with Crippen molar-refractivity contribution in [1.29, 1.82) is 0 Å². The molecule has 0 saturated carbocycles. The molecule has 27 heavy (non-hydrogen) atoms.